The molecule has 0 spiro atoms. The van der Waals surface area contributed by atoms with Crippen LogP contribution in [0, 0.1) is 0 Å². The lowest BCUT2D eigenvalue weighted by Gasteiger charge is -2.24. The quantitative estimate of drug-likeness (QED) is 0.776. The van der Waals surface area contributed by atoms with Gasteiger partial charge in [0.05, 0.1) is 6.61 Å². The van der Waals surface area contributed by atoms with Gasteiger partial charge in [-0.05, 0) is 40.0 Å². The molecule has 0 radical (unpaired) electrons. The fourth-order valence-electron chi connectivity index (χ4n) is 2.17. The van der Waals surface area contributed by atoms with E-state index in [1.807, 2.05) is 6.92 Å². The summed E-state index contributed by atoms with van der Waals surface area (Å²) < 4.78 is 10.2. The first-order chi connectivity index (χ1) is 10.2. The summed E-state index contributed by atoms with van der Waals surface area (Å²) in [5, 5.41) is 2.41. The van der Waals surface area contributed by atoms with E-state index in [0.717, 1.165) is 12.8 Å². The molecule has 1 atom stereocenters. The molecule has 1 aliphatic heterocycles. The molecule has 1 N–H and O–H groups in total. The smallest absolute Gasteiger partial charge is 0.408 e. The van der Waals surface area contributed by atoms with Gasteiger partial charge in [-0.25, -0.2) is 9.59 Å². The number of ether oxygens (including phenoxy) is 2. The Balaban J connectivity index is 2.46. The van der Waals surface area contributed by atoms with E-state index in [9.17, 15) is 14.4 Å². The van der Waals surface area contributed by atoms with Crippen molar-refractivity contribution < 1.29 is 23.9 Å². The van der Waals surface area contributed by atoms with Gasteiger partial charge in [-0.15, -0.1) is 0 Å². The highest BCUT2D eigenvalue weighted by Gasteiger charge is 2.35. The van der Waals surface area contributed by atoms with Crippen LogP contribution in [0.3, 0.4) is 0 Å². The zero-order chi connectivity index (χ0) is 16.8. The Morgan fingerprint density at radius 1 is 1.27 bits per heavy atom. The van der Waals surface area contributed by atoms with Crippen LogP contribution in [-0.2, 0) is 19.1 Å². The molecule has 0 aromatic rings. The van der Waals surface area contributed by atoms with E-state index >= 15 is 0 Å². The molecule has 0 aromatic heterocycles. The van der Waals surface area contributed by atoms with Crippen molar-refractivity contribution in [3.05, 3.63) is 0 Å². The molecule has 22 heavy (non-hydrogen) atoms. The number of hydrogen-bond donors (Lipinski definition) is 1. The van der Waals surface area contributed by atoms with Crippen LogP contribution >= 0.6 is 0 Å². The van der Waals surface area contributed by atoms with E-state index < -0.39 is 17.7 Å². The number of alkyl carbamates (subject to hydrolysis) is 1. The van der Waals surface area contributed by atoms with Gasteiger partial charge in [0.2, 0.25) is 5.91 Å². The largest absolute Gasteiger partial charge is 0.464 e. The minimum absolute atomic E-state index is 0.188. The Labute approximate surface area is 131 Å². The third-order valence-corrected chi connectivity index (χ3v) is 3.08. The second-order valence-electron chi connectivity index (χ2n) is 6.27. The van der Waals surface area contributed by atoms with E-state index in [-0.39, 0.29) is 18.4 Å². The van der Waals surface area contributed by atoms with Gasteiger partial charge in [0.15, 0.2) is 0 Å². The number of hydrogen-bond acceptors (Lipinski definition) is 5. The molecule has 2 amide bonds. The van der Waals surface area contributed by atoms with E-state index in [1.54, 1.807) is 20.8 Å². The van der Waals surface area contributed by atoms with Gasteiger partial charge < -0.3 is 19.7 Å². The van der Waals surface area contributed by atoms with E-state index in [2.05, 4.69) is 5.32 Å². The maximum absolute atomic E-state index is 12.2. The molecule has 7 heteroatoms. The fraction of sp³-hybridized carbons (Fsp3) is 0.800. The monoisotopic (exact) mass is 314 g/mol. The Morgan fingerprint density at radius 3 is 2.55 bits per heavy atom. The van der Waals surface area contributed by atoms with Crippen LogP contribution in [0.5, 0.6) is 0 Å². The molecular weight excluding hydrogens is 288 g/mol. The number of amides is 2. The first-order valence-corrected chi connectivity index (χ1v) is 7.67. The molecule has 7 nitrogen and oxygen atoms in total. The maximum Gasteiger partial charge on any atom is 0.408 e. The minimum Gasteiger partial charge on any atom is -0.464 e. The molecule has 1 heterocycles. The topological polar surface area (TPSA) is 84.9 Å². The molecule has 1 saturated heterocycles. The molecule has 1 fully saturated rings. The van der Waals surface area contributed by atoms with Crippen LogP contribution < -0.4 is 5.32 Å². The third kappa shape index (κ3) is 5.91. The van der Waals surface area contributed by atoms with Gasteiger partial charge in [-0.3, -0.25) is 4.79 Å². The molecule has 1 aliphatic rings. The minimum atomic E-state index is -0.648. The summed E-state index contributed by atoms with van der Waals surface area (Å²) in [5.74, 6) is -0.674. The average molecular weight is 314 g/mol. The van der Waals surface area contributed by atoms with Crippen molar-refractivity contribution >= 4 is 18.0 Å². The van der Waals surface area contributed by atoms with Crippen molar-refractivity contribution in [3.8, 4) is 0 Å². The summed E-state index contributed by atoms with van der Waals surface area (Å²) in [7, 11) is 0. The summed E-state index contributed by atoms with van der Waals surface area (Å²) in [6.45, 7) is 7.81. The molecule has 1 unspecified atom stereocenters. The molecule has 1 rings (SSSR count). The van der Waals surface area contributed by atoms with Crippen LogP contribution in [0.25, 0.3) is 0 Å². The van der Waals surface area contributed by atoms with E-state index in [1.165, 1.54) is 4.90 Å². The van der Waals surface area contributed by atoms with Crippen molar-refractivity contribution in [1.29, 1.82) is 0 Å². The van der Waals surface area contributed by atoms with Crippen molar-refractivity contribution in [3.63, 3.8) is 0 Å². The first-order valence-electron chi connectivity index (χ1n) is 7.67. The van der Waals surface area contributed by atoms with Crippen molar-refractivity contribution in [1.82, 2.24) is 10.2 Å². The van der Waals surface area contributed by atoms with Gasteiger partial charge in [0, 0.05) is 6.54 Å². The van der Waals surface area contributed by atoms with Crippen molar-refractivity contribution in [2.24, 2.45) is 0 Å². The number of carbonyl (C=O) groups excluding carboxylic acids is 3. The van der Waals surface area contributed by atoms with Gasteiger partial charge in [-0.1, -0.05) is 6.92 Å². The molecular formula is C15H26N2O5. The number of rotatable bonds is 5. The highest BCUT2D eigenvalue weighted by Crippen LogP contribution is 2.18. The lowest BCUT2D eigenvalue weighted by atomic mass is 10.2. The summed E-state index contributed by atoms with van der Waals surface area (Å²) >= 11 is 0. The summed E-state index contributed by atoms with van der Waals surface area (Å²) in [6, 6.07) is -0.542. The van der Waals surface area contributed by atoms with Crippen LogP contribution in [0.4, 0.5) is 4.79 Å². The molecule has 0 aromatic carbocycles. The molecule has 0 bridgehead atoms. The Kier molecular flexibility index (Phi) is 6.64. The molecule has 0 aliphatic carbocycles. The van der Waals surface area contributed by atoms with Crippen molar-refractivity contribution in [2.75, 3.05) is 19.7 Å². The first kappa shape index (κ1) is 18.3. The van der Waals surface area contributed by atoms with Crippen molar-refractivity contribution in [2.45, 2.75) is 58.6 Å². The number of likely N-dealkylation sites (tertiary alicyclic amines) is 1. The van der Waals surface area contributed by atoms with Crippen LogP contribution in [0.1, 0.15) is 47.0 Å². The lowest BCUT2D eigenvalue weighted by Crippen LogP contribution is -2.46. The summed E-state index contributed by atoms with van der Waals surface area (Å²) in [6.07, 6.45) is 1.45. The zero-order valence-electron chi connectivity index (χ0n) is 13.8. The molecule has 126 valence electrons. The third-order valence-electron chi connectivity index (χ3n) is 3.08. The molecule has 0 saturated carbocycles. The number of carbonyl (C=O) groups is 3. The lowest BCUT2D eigenvalue weighted by molar-refractivity contribution is -0.153. The Bertz CT molecular complexity index is 417. The Morgan fingerprint density at radius 2 is 1.95 bits per heavy atom. The predicted molar refractivity (Wildman–Crippen MR) is 80.2 cm³/mol. The van der Waals surface area contributed by atoms with Crippen LogP contribution in [-0.4, -0.2) is 54.2 Å². The number of nitrogens with zero attached hydrogens (tertiary/aromatic N) is 1. The van der Waals surface area contributed by atoms with Crippen LogP contribution in [0.15, 0.2) is 0 Å². The second kappa shape index (κ2) is 8.00. The standard InChI is InChI=1S/C15H26N2O5/c1-5-9-21-13(19)11-7-6-8-17(11)12(18)10-16-14(20)22-15(2,3)4/h11H,5-10H2,1-4H3,(H,16,20). The highest BCUT2D eigenvalue weighted by atomic mass is 16.6. The zero-order valence-corrected chi connectivity index (χ0v) is 13.8. The van der Waals surface area contributed by atoms with Gasteiger partial charge in [0.1, 0.15) is 18.2 Å². The van der Waals surface area contributed by atoms with E-state index in [4.69, 9.17) is 9.47 Å². The second-order valence-corrected chi connectivity index (χ2v) is 6.27. The summed E-state index contributed by atoms with van der Waals surface area (Å²) in [4.78, 5) is 37.1. The average Bonchev–Trinajstić information content (AvgIpc) is 2.89. The Hall–Kier alpha value is -1.79. The maximum atomic E-state index is 12.2. The normalized spacial score (nSPS) is 18.0. The van der Waals surface area contributed by atoms with Gasteiger partial charge in [-0.2, -0.15) is 0 Å². The van der Waals surface area contributed by atoms with E-state index in [0.29, 0.717) is 19.6 Å². The summed E-state index contributed by atoms with van der Waals surface area (Å²) in [5.41, 5.74) is -0.618. The number of esters is 1. The van der Waals surface area contributed by atoms with Crippen LogP contribution in [0.2, 0.25) is 0 Å². The van der Waals surface area contributed by atoms with Gasteiger partial charge in [0.25, 0.3) is 0 Å². The predicted octanol–water partition coefficient (Wildman–Crippen LogP) is 1.46. The number of nitrogens with one attached hydrogen (secondary N) is 1. The SMILES string of the molecule is CCCOC(=O)C1CCCN1C(=O)CNC(=O)OC(C)(C)C. The highest BCUT2D eigenvalue weighted by molar-refractivity contribution is 5.87. The fourth-order valence-corrected chi connectivity index (χ4v) is 2.17. The van der Waals surface area contributed by atoms with Gasteiger partial charge >= 0.3 is 12.1 Å².